The zero-order chi connectivity index (χ0) is 20.6. The third-order valence-corrected chi connectivity index (χ3v) is 4.10. The molecule has 0 saturated heterocycles. The van der Waals surface area contributed by atoms with Gasteiger partial charge in [0, 0.05) is 17.9 Å². The molecule has 0 aromatic carbocycles. The summed E-state index contributed by atoms with van der Waals surface area (Å²) < 4.78 is 29.2. The summed E-state index contributed by atoms with van der Waals surface area (Å²) in [7, 11) is -2.38. The van der Waals surface area contributed by atoms with Gasteiger partial charge in [0.1, 0.15) is 0 Å². The molecule has 0 fully saturated rings. The third kappa shape index (κ3) is 8.59. The monoisotopic (exact) mass is 427 g/mol. The quantitative estimate of drug-likeness (QED) is 0.0785. The van der Waals surface area contributed by atoms with Gasteiger partial charge < -0.3 is 33.4 Å². The first kappa shape index (κ1) is 27.0. The zero-order valence-electron chi connectivity index (χ0n) is 16.6. The minimum absolute atomic E-state index is 0. The molecule has 1 unspecified atom stereocenters. The van der Waals surface area contributed by atoms with Crippen LogP contribution in [0.25, 0.3) is 0 Å². The average Bonchev–Trinajstić information content (AvgIpc) is 2.58. The molecule has 1 atom stereocenters. The van der Waals surface area contributed by atoms with E-state index >= 15 is 0 Å². The van der Waals surface area contributed by atoms with Crippen LogP contribution in [0.15, 0.2) is 34.7 Å². The molecule has 0 aromatic heterocycles. The predicted octanol–water partition coefficient (Wildman–Crippen LogP) is -2.75. The molecule has 0 aromatic rings. The number of carbonyl (C=O) groups is 2. The van der Waals surface area contributed by atoms with Crippen LogP contribution in [0, 0.1) is 0 Å². The molecule has 1 N–H and O–H groups in total. The van der Waals surface area contributed by atoms with Crippen molar-refractivity contribution in [2.24, 2.45) is 0 Å². The van der Waals surface area contributed by atoms with Crippen molar-refractivity contribution in [3.63, 3.8) is 0 Å². The molecule has 1 aliphatic heterocycles. The molecular weight excluding hydrogens is 404 g/mol. The summed E-state index contributed by atoms with van der Waals surface area (Å²) >= 11 is 0. The van der Waals surface area contributed by atoms with E-state index in [9.17, 15) is 19.0 Å². The Morgan fingerprint density at radius 3 is 2.00 bits per heavy atom. The first-order valence-corrected chi connectivity index (χ1v) is 9.41. The van der Waals surface area contributed by atoms with Crippen molar-refractivity contribution < 1.29 is 72.2 Å². The van der Waals surface area contributed by atoms with Gasteiger partial charge in [-0.25, -0.2) is 9.59 Å². The molecule has 152 valence electrons. The number of hydrogen-bond acceptors (Lipinski definition) is 9. The van der Waals surface area contributed by atoms with Crippen molar-refractivity contribution in [2.75, 3.05) is 40.6 Å². The Morgan fingerprint density at radius 1 is 1.07 bits per heavy atom. The van der Waals surface area contributed by atoms with Crippen LogP contribution in [0.3, 0.4) is 0 Å². The van der Waals surface area contributed by atoms with E-state index < -0.39 is 19.8 Å². The number of allylic oxidation sites excluding steroid dienone is 5. The van der Waals surface area contributed by atoms with Crippen LogP contribution in [0.4, 0.5) is 0 Å². The second-order valence-electron chi connectivity index (χ2n) is 5.45. The van der Waals surface area contributed by atoms with Crippen molar-refractivity contribution in [1.82, 2.24) is 4.90 Å². The maximum absolute atomic E-state index is 11.9. The standard InChI is InChI=1S/C16H24NO9P.Na/c1-11-9-13(14(15(18)23-3)16(19)24-4)10-12(2)17(11)5-6-25-7-8-26-27(20,21)22;/h9-10H,5-8H2,1-4H3,(H2,20,21,22);/q;+1/p-1. The Balaban J connectivity index is 0.00000729. The van der Waals surface area contributed by atoms with Crippen molar-refractivity contribution in [1.29, 1.82) is 0 Å². The molecule has 10 nitrogen and oxygen atoms in total. The largest absolute Gasteiger partial charge is 1.00 e. The minimum Gasteiger partial charge on any atom is -0.756 e. The van der Waals surface area contributed by atoms with Gasteiger partial charge in [0.25, 0.3) is 7.82 Å². The van der Waals surface area contributed by atoms with Gasteiger partial charge in [-0.1, -0.05) is 0 Å². The van der Waals surface area contributed by atoms with Crippen LogP contribution in [-0.4, -0.2) is 62.3 Å². The van der Waals surface area contributed by atoms with Crippen LogP contribution in [0.2, 0.25) is 0 Å². The second kappa shape index (κ2) is 12.6. The predicted molar refractivity (Wildman–Crippen MR) is 91.9 cm³/mol. The molecule has 0 radical (unpaired) electrons. The van der Waals surface area contributed by atoms with E-state index in [1.807, 2.05) is 4.90 Å². The molecule has 0 bridgehead atoms. The minimum atomic E-state index is -4.74. The number of esters is 2. The molecule has 1 heterocycles. The SMILES string of the molecule is COC(=O)C(C(=O)OC)=C1C=C(C)N(CCOCCOP(=O)([O-])O)C(C)=C1.[Na+]. The summed E-state index contributed by atoms with van der Waals surface area (Å²) in [6.45, 7) is 4.00. The van der Waals surface area contributed by atoms with Gasteiger partial charge in [0.15, 0.2) is 5.57 Å². The zero-order valence-corrected chi connectivity index (χ0v) is 19.5. The number of carbonyl (C=O) groups excluding carboxylic acids is 2. The van der Waals surface area contributed by atoms with E-state index in [0.717, 1.165) is 11.4 Å². The molecule has 28 heavy (non-hydrogen) atoms. The van der Waals surface area contributed by atoms with Crippen LogP contribution >= 0.6 is 7.82 Å². The molecule has 1 aliphatic rings. The fourth-order valence-electron chi connectivity index (χ4n) is 2.42. The fraction of sp³-hybridized carbons (Fsp3) is 0.500. The van der Waals surface area contributed by atoms with Crippen LogP contribution in [-0.2, 0) is 32.9 Å². The first-order chi connectivity index (χ1) is 12.6. The smallest absolute Gasteiger partial charge is 0.756 e. The van der Waals surface area contributed by atoms with E-state index in [-0.39, 0.29) is 55.0 Å². The third-order valence-electron chi connectivity index (χ3n) is 3.59. The maximum Gasteiger partial charge on any atom is 1.00 e. The average molecular weight is 427 g/mol. The van der Waals surface area contributed by atoms with Gasteiger partial charge in [-0.3, -0.25) is 4.57 Å². The second-order valence-corrected chi connectivity index (χ2v) is 6.65. The van der Waals surface area contributed by atoms with Gasteiger partial charge >= 0.3 is 41.5 Å². The molecule has 1 rings (SSSR count). The number of phosphoric ester groups is 1. The summed E-state index contributed by atoms with van der Waals surface area (Å²) in [4.78, 5) is 44.6. The molecule has 0 aliphatic carbocycles. The normalized spacial score (nSPS) is 15.6. The number of hydrogen-bond donors (Lipinski definition) is 1. The van der Waals surface area contributed by atoms with Gasteiger partial charge in [0.05, 0.1) is 34.0 Å². The summed E-state index contributed by atoms with van der Waals surface area (Å²) in [5.74, 6) is -1.58. The summed E-state index contributed by atoms with van der Waals surface area (Å²) in [5, 5.41) is 0. The Morgan fingerprint density at radius 2 is 1.57 bits per heavy atom. The van der Waals surface area contributed by atoms with Crippen molar-refractivity contribution in [3.8, 4) is 0 Å². The van der Waals surface area contributed by atoms with Crippen molar-refractivity contribution >= 4 is 19.8 Å². The summed E-state index contributed by atoms with van der Waals surface area (Å²) in [6.07, 6.45) is 3.30. The number of nitrogens with zero attached hydrogens (tertiary/aromatic N) is 1. The molecule has 0 amide bonds. The molecule has 0 spiro atoms. The van der Waals surface area contributed by atoms with Crippen LogP contribution < -0.4 is 34.5 Å². The van der Waals surface area contributed by atoms with Gasteiger partial charge in [-0.05, 0) is 31.6 Å². The number of methoxy groups -OCH3 is 2. The van der Waals surface area contributed by atoms with Gasteiger partial charge in [-0.15, -0.1) is 0 Å². The van der Waals surface area contributed by atoms with Gasteiger partial charge in [-0.2, -0.15) is 0 Å². The van der Waals surface area contributed by atoms with Crippen molar-refractivity contribution in [2.45, 2.75) is 13.8 Å². The molecule has 0 saturated carbocycles. The summed E-state index contributed by atoms with van der Waals surface area (Å²) in [6, 6.07) is 0. The Kier molecular flexibility index (Phi) is 12.1. The molecular formula is C16H23NNaO9P. The van der Waals surface area contributed by atoms with Crippen molar-refractivity contribution in [3.05, 3.63) is 34.7 Å². The Labute approximate surface area is 185 Å². The van der Waals surface area contributed by atoms with E-state index in [4.69, 9.17) is 9.63 Å². The van der Waals surface area contributed by atoms with E-state index in [1.165, 1.54) is 14.2 Å². The maximum atomic E-state index is 11.9. The van der Waals surface area contributed by atoms with E-state index in [1.54, 1.807) is 26.0 Å². The summed E-state index contributed by atoms with van der Waals surface area (Å²) in [5.41, 5.74) is 1.70. The number of ether oxygens (including phenoxy) is 3. The fourth-order valence-corrected chi connectivity index (χ4v) is 2.72. The van der Waals surface area contributed by atoms with Crippen LogP contribution in [0.5, 0.6) is 0 Å². The van der Waals surface area contributed by atoms with E-state index in [2.05, 4.69) is 14.0 Å². The molecule has 12 heteroatoms. The van der Waals surface area contributed by atoms with Gasteiger partial charge in [0.2, 0.25) is 0 Å². The number of rotatable bonds is 9. The first-order valence-electron chi connectivity index (χ1n) is 7.91. The Bertz CT molecular complexity index is 671. The van der Waals surface area contributed by atoms with E-state index in [0.29, 0.717) is 12.1 Å². The topological polar surface area (TPSA) is 135 Å². The number of phosphoric acid groups is 1. The van der Waals surface area contributed by atoms with Crippen LogP contribution in [0.1, 0.15) is 13.8 Å². The Hall–Kier alpha value is -0.970.